The molecule has 1 aliphatic rings. The summed E-state index contributed by atoms with van der Waals surface area (Å²) in [6, 6.07) is 7.80. The van der Waals surface area contributed by atoms with Crippen molar-refractivity contribution in [3.8, 4) is 0 Å². The van der Waals surface area contributed by atoms with Crippen LogP contribution in [0.4, 0.5) is 0 Å². The predicted molar refractivity (Wildman–Crippen MR) is 96.6 cm³/mol. The van der Waals surface area contributed by atoms with E-state index in [0.717, 1.165) is 16.0 Å². The van der Waals surface area contributed by atoms with Crippen molar-refractivity contribution in [2.45, 2.75) is 31.7 Å². The van der Waals surface area contributed by atoms with Crippen LogP contribution in [0.3, 0.4) is 0 Å². The van der Waals surface area contributed by atoms with Crippen LogP contribution in [0.2, 0.25) is 0 Å². The molecule has 130 valence electrons. The number of thiazole rings is 1. The van der Waals surface area contributed by atoms with E-state index in [4.69, 9.17) is 0 Å². The molecule has 0 bridgehead atoms. The fraction of sp³-hybridized carbons (Fsp3) is 0.294. The maximum atomic E-state index is 13.2. The molecule has 6 nitrogen and oxygen atoms in total. The summed E-state index contributed by atoms with van der Waals surface area (Å²) in [7, 11) is -3.91. The first-order chi connectivity index (χ1) is 11.9. The van der Waals surface area contributed by atoms with Gasteiger partial charge < -0.3 is 0 Å². The van der Waals surface area contributed by atoms with Crippen LogP contribution in [0.5, 0.6) is 0 Å². The first kappa shape index (κ1) is 16.4. The van der Waals surface area contributed by atoms with Gasteiger partial charge in [0.15, 0.2) is 9.86 Å². The lowest BCUT2D eigenvalue weighted by Crippen LogP contribution is -2.39. The van der Waals surface area contributed by atoms with Crippen molar-refractivity contribution in [3.05, 3.63) is 62.5 Å². The molecule has 0 atom stereocenters. The molecular formula is C17H17N3O3S2. The van der Waals surface area contributed by atoms with E-state index < -0.39 is 15.6 Å². The van der Waals surface area contributed by atoms with Gasteiger partial charge in [0, 0.05) is 24.2 Å². The fourth-order valence-corrected chi connectivity index (χ4v) is 5.74. The molecule has 25 heavy (non-hydrogen) atoms. The van der Waals surface area contributed by atoms with Gasteiger partial charge in [0.1, 0.15) is 0 Å². The molecule has 0 unspecified atom stereocenters. The van der Waals surface area contributed by atoms with E-state index in [1.165, 1.54) is 20.0 Å². The van der Waals surface area contributed by atoms with E-state index in [0.29, 0.717) is 17.9 Å². The number of nitrogens with zero attached hydrogens (tertiary/aromatic N) is 3. The van der Waals surface area contributed by atoms with Gasteiger partial charge in [0.25, 0.3) is 15.6 Å². The van der Waals surface area contributed by atoms with E-state index in [1.807, 2.05) is 31.2 Å². The van der Waals surface area contributed by atoms with Gasteiger partial charge in [-0.2, -0.15) is 4.31 Å². The van der Waals surface area contributed by atoms with Crippen molar-refractivity contribution >= 4 is 26.3 Å². The second kappa shape index (κ2) is 5.76. The van der Waals surface area contributed by atoms with E-state index in [9.17, 15) is 13.2 Å². The summed E-state index contributed by atoms with van der Waals surface area (Å²) in [5.74, 6) is 0. The molecule has 0 spiro atoms. The highest BCUT2D eigenvalue weighted by atomic mass is 32.2. The highest BCUT2D eigenvalue weighted by molar-refractivity contribution is 7.89. The third-order valence-electron chi connectivity index (χ3n) is 4.47. The van der Waals surface area contributed by atoms with Crippen molar-refractivity contribution in [1.82, 2.24) is 13.7 Å². The zero-order chi connectivity index (χ0) is 17.8. The van der Waals surface area contributed by atoms with Gasteiger partial charge in [-0.05, 0) is 31.4 Å². The average molecular weight is 375 g/mol. The Balaban J connectivity index is 1.84. The molecule has 1 aromatic carbocycles. The third kappa shape index (κ3) is 2.61. The van der Waals surface area contributed by atoms with E-state index >= 15 is 0 Å². The lowest BCUT2D eigenvalue weighted by molar-refractivity contribution is 0.390. The number of sulfonamides is 1. The van der Waals surface area contributed by atoms with Gasteiger partial charge in [0.05, 0.1) is 5.69 Å². The molecule has 4 rings (SSSR count). The molecule has 0 saturated carbocycles. The first-order valence-electron chi connectivity index (χ1n) is 7.94. The van der Waals surface area contributed by atoms with Gasteiger partial charge >= 0.3 is 0 Å². The summed E-state index contributed by atoms with van der Waals surface area (Å²) >= 11 is 1.37. The third-order valence-corrected chi connectivity index (χ3v) is 7.34. The van der Waals surface area contributed by atoms with Crippen LogP contribution in [-0.4, -0.2) is 28.7 Å². The van der Waals surface area contributed by atoms with Crippen LogP contribution in [0.25, 0.3) is 4.96 Å². The lowest BCUT2D eigenvalue weighted by Gasteiger charge is -2.28. The summed E-state index contributed by atoms with van der Waals surface area (Å²) in [4.78, 5) is 18.4. The Kier molecular flexibility index (Phi) is 3.78. The normalized spacial score (nSPS) is 15.4. The Bertz CT molecular complexity index is 1150. The van der Waals surface area contributed by atoms with Gasteiger partial charge in [0.2, 0.25) is 0 Å². The molecule has 2 aromatic heterocycles. The van der Waals surface area contributed by atoms with Gasteiger partial charge in [-0.25, -0.2) is 13.4 Å². The van der Waals surface area contributed by atoms with E-state index in [2.05, 4.69) is 4.98 Å². The minimum Gasteiger partial charge on any atom is -0.267 e. The lowest BCUT2D eigenvalue weighted by atomic mass is 10.0. The van der Waals surface area contributed by atoms with Gasteiger partial charge in [-0.1, -0.05) is 24.3 Å². The van der Waals surface area contributed by atoms with E-state index in [-0.39, 0.29) is 17.1 Å². The van der Waals surface area contributed by atoms with Crippen molar-refractivity contribution < 1.29 is 8.42 Å². The van der Waals surface area contributed by atoms with Crippen LogP contribution < -0.4 is 5.56 Å². The molecule has 0 aliphatic carbocycles. The van der Waals surface area contributed by atoms with E-state index in [1.54, 1.807) is 13.1 Å². The van der Waals surface area contributed by atoms with Crippen molar-refractivity contribution in [2.75, 3.05) is 6.54 Å². The Hall–Kier alpha value is -2.03. The zero-order valence-electron chi connectivity index (χ0n) is 13.9. The van der Waals surface area contributed by atoms with Crippen LogP contribution in [0, 0.1) is 13.8 Å². The standard InChI is InChI=1S/C17H17N3O3S2/c1-11-9-20-16(21)15(12(2)18-17(20)24-11)25(22,23)19-8-7-13-5-3-4-6-14(13)10-19/h3-6,9H,7-8,10H2,1-2H3. The van der Waals surface area contributed by atoms with Gasteiger partial charge in [-0.3, -0.25) is 9.20 Å². The molecule has 8 heteroatoms. The Labute approximate surface area is 149 Å². The summed E-state index contributed by atoms with van der Waals surface area (Å²) in [6.45, 7) is 4.09. The minimum absolute atomic E-state index is 0.220. The Morgan fingerprint density at radius 1 is 1.16 bits per heavy atom. The van der Waals surface area contributed by atoms with Crippen LogP contribution in [0.1, 0.15) is 21.7 Å². The van der Waals surface area contributed by atoms with Crippen LogP contribution >= 0.6 is 11.3 Å². The van der Waals surface area contributed by atoms with Crippen molar-refractivity contribution in [2.24, 2.45) is 0 Å². The molecular weight excluding hydrogens is 358 g/mol. The monoisotopic (exact) mass is 375 g/mol. The number of aromatic nitrogens is 2. The summed E-state index contributed by atoms with van der Waals surface area (Å²) in [5, 5.41) is 0. The minimum atomic E-state index is -3.91. The average Bonchev–Trinajstić information content (AvgIpc) is 2.94. The van der Waals surface area contributed by atoms with Crippen LogP contribution in [0.15, 0.2) is 40.2 Å². The molecule has 0 radical (unpaired) electrons. The molecule has 0 amide bonds. The number of fused-ring (bicyclic) bond motifs is 2. The number of hydrogen-bond donors (Lipinski definition) is 0. The molecule has 0 saturated heterocycles. The van der Waals surface area contributed by atoms with Crippen molar-refractivity contribution in [3.63, 3.8) is 0 Å². The SMILES string of the molecule is Cc1cn2c(=O)c(S(=O)(=O)N3CCc4ccccc4C3)c(C)nc2s1. The van der Waals surface area contributed by atoms with Gasteiger partial charge in [-0.15, -0.1) is 11.3 Å². The van der Waals surface area contributed by atoms with Crippen molar-refractivity contribution in [1.29, 1.82) is 0 Å². The summed E-state index contributed by atoms with van der Waals surface area (Å²) in [5.41, 5.74) is 1.87. The number of rotatable bonds is 2. The second-order valence-corrected chi connectivity index (χ2v) is 9.27. The topological polar surface area (TPSA) is 71.8 Å². The fourth-order valence-electron chi connectivity index (χ4n) is 3.24. The first-order valence-corrected chi connectivity index (χ1v) is 10.2. The highest BCUT2D eigenvalue weighted by Gasteiger charge is 2.33. The number of benzene rings is 1. The smallest absolute Gasteiger partial charge is 0.267 e. The maximum Gasteiger partial charge on any atom is 0.279 e. The second-order valence-electron chi connectivity index (χ2n) is 6.18. The Morgan fingerprint density at radius 2 is 1.88 bits per heavy atom. The summed E-state index contributed by atoms with van der Waals surface area (Å²) in [6.07, 6.45) is 2.28. The highest BCUT2D eigenvalue weighted by Crippen LogP contribution is 2.25. The largest absolute Gasteiger partial charge is 0.279 e. The van der Waals surface area contributed by atoms with Crippen LogP contribution in [-0.2, 0) is 23.0 Å². The molecule has 3 heterocycles. The molecule has 0 N–H and O–H groups in total. The quantitative estimate of drug-likeness (QED) is 0.688. The molecule has 0 fully saturated rings. The predicted octanol–water partition coefficient (Wildman–Crippen LogP) is 2.12. The molecule has 1 aliphatic heterocycles. The summed E-state index contributed by atoms with van der Waals surface area (Å²) < 4.78 is 29.0. The maximum absolute atomic E-state index is 13.2. The zero-order valence-corrected chi connectivity index (χ0v) is 15.5. The number of aryl methyl sites for hydroxylation is 2. The number of hydrogen-bond acceptors (Lipinski definition) is 5. The Morgan fingerprint density at radius 3 is 2.64 bits per heavy atom. The molecule has 3 aromatic rings.